The van der Waals surface area contributed by atoms with Gasteiger partial charge in [-0.25, -0.2) is 0 Å². The molecule has 1 N–H and O–H groups in total. The van der Waals surface area contributed by atoms with Gasteiger partial charge in [-0.2, -0.15) is 5.10 Å². The minimum Gasteiger partial charge on any atom is -0.480 e. The molecule has 1 rings (SSSR count). The van der Waals surface area contributed by atoms with Gasteiger partial charge in [0.1, 0.15) is 5.54 Å². The lowest BCUT2D eigenvalue weighted by atomic mass is 10.0. The zero-order chi connectivity index (χ0) is 13.9. The largest absolute Gasteiger partial charge is 0.480 e. The van der Waals surface area contributed by atoms with Crippen LogP contribution in [-0.4, -0.2) is 37.8 Å². The van der Waals surface area contributed by atoms with Crippen LogP contribution in [0, 0.1) is 0 Å². The third-order valence-corrected chi connectivity index (χ3v) is 3.38. The molecular formula is C13H23N3O2. The first kappa shape index (κ1) is 14.7. The first-order chi connectivity index (χ1) is 8.32. The van der Waals surface area contributed by atoms with Gasteiger partial charge in [0.05, 0.1) is 5.69 Å². The summed E-state index contributed by atoms with van der Waals surface area (Å²) in [4.78, 5) is 13.3. The molecule has 5 nitrogen and oxygen atoms in total. The number of aryl methyl sites for hydroxylation is 2. The quantitative estimate of drug-likeness (QED) is 0.837. The Morgan fingerprint density at radius 2 is 2.11 bits per heavy atom. The highest BCUT2D eigenvalue weighted by molar-refractivity contribution is 5.77. The second-order valence-corrected chi connectivity index (χ2v) is 5.01. The molecule has 1 heterocycles. The summed E-state index contributed by atoms with van der Waals surface area (Å²) in [6.45, 7) is 8.82. The Labute approximate surface area is 108 Å². The summed E-state index contributed by atoms with van der Waals surface area (Å²) in [6, 6.07) is 0. The average Bonchev–Trinajstić information content (AvgIpc) is 2.65. The van der Waals surface area contributed by atoms with Gasteiger partial charge in [0, 0.05) is 25.4 Å². The monoisotopic (exact) mass is 253 g/mol. The van der Waals surface area contributed by atoms with E-state index in [2.05, 4.69) is 12.0 Å². The lowest BCUT2D eigenvalue weighted by molar-refractivity contribution is -0.149. The van der Waals surface area contributed by atoms with Gasteiger partial charge in [-0.3, -0.25) is 14.4 Å². The molecule has 0 radical (unpaired) electrons. The maximum absolute atomic E-state index is 11.3. The van der Waals surface area contributed by atoms with E-state index in [-0.39, 0.29) is 0 Å². The van der Waals surface area contributed by atoms with E-state index in [9.17, 15) is 9.90 Å². The highest BCUT2D eigenvalue weighted by Gasteiger charge is 2.34. The Morgan fingerprint density at radius 3 is 2.56 bits per heavy atom. The Kier molecular flexibility index (Phi) is 4.51. The summed E-state index contributed by atoms with van der Waals surface area (Å²) in [7, 11) is 1.89. The predicted molar refractivity (Wildman–Crippen MR) is 70.4 cm³/mol. The van der Waals surface area contributed by atoms with E-state index in [0.29, 0.717) is 13.1 Å². The standard InChI is InChI=1S/C13H23N3O2/c1-6-11-10(8-15(5)14-11)9-16(7-2)13(3,4)12(17)18/h8H,6-7,9H2,1-5H3,(H,17,18). The summed E-state index contributed by atoms with van der Waals surface area (Å²) in [6.07, 6.45) is 2.83. The van der Waals surface area contributed by atoms with E-state index in [1.807, 2.05) is 25.1 Å². The van der Waals surface area contributed by atoms with Gasteiger partial charge in [-0.05, 0) is 26.8 Å². The van der Waals surface area contributed by atoms with Crippen molar-refractivity contribution in [2.45, 2.75) is 46.2 Å². The van der Waals surface area contributed by atoms with Crippen molar-refractivity contribution < 1.29 is 9.90 Å². The molecule has 1 aromatic rings. The molecule has 0 unspecified atom stereocenters. The van der Waals surface area contributed by atoms with Crippen molar-refractivity contribution in [3.8, 4) is 0 Å². The fraction of sp³-hybridized carbons (Fsp3) is 0.692. The van der Waals surface area contributed by atoms with Gasteiger partial charge >= 0.3 is 5.97 Å². The zero-order valence-corrected chi connectivity index (χ0v) is 11.9. The third kappa shape index (κ3) is 2.90. The fourth-order valence-corrected chi connectivity index (χ4v) is 2.06. The van der Waals surface area contributed by atoms with Crippen LogP contribution >= 0.6 is 0 Å². The van der Waals surface area contributed by atoms with Crippen molar-refractivity contribution in [2.24, 2.45) is 7.05 Å². The lowest BCUT2D eigenvalue weighted by Crippen LogP contribution is -2.49. The van der Waals surface area contributed by atoms with Crippen molar-refractivity contribution in [3.05, 3.63) is 17.5 Å². The second kappa shape index (κ2) is 5.52. The van der Waals surface area contributed by atoms with Gasteiger partial charge in [-0.15, -0.1) is 0 Å². The van der Waals surface area contributed by atoms with Crippen LogP contribution in [0.2, 0.25) is 0 Å². The van der Waals surface area contributed by atoms with Crippen molar-refractivity contribution in [3.63, 3.8) is 0 Å². The molecule has 0 aromatic carbocycles. The molecular weight excluding hydrogens is 230 g/mol. The average molecular weight is 253 g/mol. The molecule has 102 valence electrons. The van der Waals surface area contributed by atoms with Gasteiger partial charge in [-0.1, -0.05) is 13.8 Å². The second-order valence-electron chi connectivity index (χ2n) is 5.01. The van der Waals surface area contributed by atoms with E-state index in [4.69, 9.17) is 0 Å². The van der Waals surface area contributed by atoms with Crippen LogP contribution in [0.25, 0.3) is 0 Å². The highest BCUT2D eigenvalue weighted by Crippen LogP contribution is 2.19. The van der Waals surface area contributed by atoms with Crippen LogP contribution < -0.4 is 0 Å². The van der Waals surface area contributed by atoms with Crippen LogP contribution in [-0.2, 0) is 24.8 Å². The first-order valence-corrected chi connectivity index (χ1v) is 6.32. The van der Waals surface area contributed by atoms with Crippen molar-refractivity contribution in [1.29, 1.82) is 0 Å². The number of hydrogen-bond donors (Lipinski definition) is 1. The Bertz CT molecular complexity index is 424. The van der Waals surface area contributed by atoms with Gasteiger partial charge in [0.25, 0.3) is 0 Å². The maximum atomic E-state index is 11.3. The summed E-state index contributed by atoms with van der Waals surface area (Å²) < 4.78 is 1.79. The van der Waals surface area contributed by atoms with Crippen LogP contribution in [0.4, 0.5) is 0 Å². The summed E-state index contributed by atoms with van der Waals surface area (Å²) >= 11 is 0. The number of hydrogen-bond acceptors (Lipinski definition) is 3. The molecule has 0 saturated carbocycles. The smallest absolute Gasteiger partial charge is 0.323 e. The van der Waals surface area contributed by atoms with E-state index in [1.165, 1.54) is 0 Å². The van der Waals surface area contributed by atoms with Gasteiger partial charge in [0.2, 0.25) is 0 Å². The third-order valence-electron chi connectivity index (χ3n) is 3.38. The number of rotatable bonds is 6. The predicted octanol–water partition coefficient (Wildman–Crippen LogP) is 1.67. The lowest BCUT2D eigenvalue weighted by Gasteiger charge is -2.34. The molecule has 0 aliphatic heterocycles. The molecule has 0 aliphatic carbocycles. The summed E-state index contributed by atoms with van der Waals surface area (Å²) in [5, 5.41) is 13.7. The molecule has 0 saturated heterocycles. The number of aliphatic carboxylic acids is 1. The normalized spacial score (nSPS) is 12.1. The van der Waals surface area contributed by atoms with E-state index in [1.54, 1.807) is 18.5 Å². The minimum absolute atomic E-state index is 0.618. The molecule has 0 spiro atoms. The Balaban J connectivity index is 2.96. The topological polar surface area (TPSA) is 58.4 Å². The maximum Gasteiger partial charge on any atom is 0.323 e. The van der Waals surface area contributed by atoms with Crippen molar-refractivity contribution in [2.75, 3.05) is 6.54 Å². The summed E-state index contributed by atoms with van der Waals surface area (Å²) in [5.74, 6) is -0.800. The minimum atomic E-state index is -0.865. The fourth-order valence-electron chi connectivity index (χ4n) is 2.06. The highest BCUT2D eigenvalue weighted by atomic mass is 16.4. The number of carboxylic acid groups (broad SMARTS) is 1. The molecule has 0 atom stereocenters. The Hall–Kier alpha value is -1.36. The van der Waals surface area contributed by atoms with E-state index in [0.717, 1.165) is 17.7 Å². The molecule has 5 heteroatoms. The summed E-state index contributed by atoms with van der Waals surface area (Å²) in [5.41, 5.74) is 1.28. The number of likely N-dealkylation sites (N-methyl/N-ethyl adjacent to an activating group) is 1. The van der Waals surface area contributed by atoms with Crippen LogP contribution in [0.15, 0.2) is 6.20 Å². The van der Waals surface area contributed by atoms with Crippen molar-refractivity contribution >= 4 is 5.97 Å². The molecule has 0 amide bonds. The molecule has 0 fully saturated rings. The molecule has 18 heavy (non-hydrogen) atoms. The number of aromatic nitrogens is 2. The Morgan fingerprint density at radius 1 is 1.50 bits per heavy atom. The molecule has 0 aliphatic rings. The van der Waals surface area contributed by atoms with E-state index >= 15 is 0 Å². The van der Waals surface area contributed by atoms with Crippen LogP contribution in [0.5, 0.6) is 0 Å². The zero-order valence-electron chi connectivity index (χ0n) is 11.9. The van der Waals surface area contributed by atoms with Crippen molar-refractivity contribution in [1.82, 2.24) is 14.7 Å². The first-order valence-electron chi connectivity index (χ1n) is 6.32. The van der Waals surface area contributed by atoms with Crippen LogP contribution in [0.1, 0.15) is 39.0 Å². The van der Waals surface area contributed by atoms with Crippen LogP contribution in [0.3, 0.4) is 0 Å². The molecule has 1 aromatic heterocycles. The number of carboxylic acids is 1. The molecule has 0 bridgehead atoms. The van der Waals surface area contributed by atoms with Gasteiger partial charge < -0.3 is 5.11 Å². The number of carbonyl (C=O) groups is 1. The number of nitrogens with zero attached hydrogens (tertiary/aromatic N) is 3. The van der Waals surface area contributed by atoms with Gasteiger partial charge in [0.15, 0.2) is 0 Å². The SMILES string of the molecule is CCc1nn(C)cc1CN(CC)C(C)(C)C(=O)O. The van der Waals surface area contributed by atoms with E-state index < -0.39 is 11.5 Å².